The predicted molar refractivity (Wildman–Crippen MR) is 32.7 cm³/mol. The van der Waals surface area contributed by atoms with Gasteiger partial charge in [-0.2, -0.15) is 0 Å². The largest absolute Gasteiger partial charge is 1.00 e. The summed E-state index contributed by atoms with van der Waals surface area (Å²) < 4.78 is 0. The zero-order valence-electron chi connectivity index (χ0n) is 7.02. The van der Waals surface area contributed by atoms with Crippen molar-refractivity contribution >= 4 is 5.97 Å². The molecule has 0 spiro atoms. The maximum absolute atomic E-state index is 10.1. The Labute approximate surface area is 83.4 Å². The van der Waals surface area contributed by atoms with Gasteiger partial charge in [0.25, 0.3) is 0 Å². The van der Waals surface area contributed by atoms with E-state index in [1.165, 1.54) is 0 Å². The van der Waals surface area contributed by atoms with Crippen molar-refractivity contribution in [2.75, 3.05) is 0 Å². The molecule has 0 unspecified atom stereocenters. The number of carbonyl (C=O) groups excluding carboxylic acids is 1. The zero-order chi connectivity index (χ0) is 6.78. The van der Waals surface area contributed by atoms with Crippen molar-refractivity contribution in [2.24, 2.45) is 5.41 Å². The third kappa shape index (κ3) is 5.23. The number of aliphatic carboxylic acids is 1. The fourth-order valence-electron chi connectivity index (χ4n) is 0.144. The van der Waals surface area contributed by atoms with Crippen LogP contribution < -0.4 is 34.7 Å². The van der Waals surface area contributed by atoms with Crippen LogP contribution in [0.1, 0.15) is 27.2 Å². The van der Waals surface area contributed by atoms with Gasteiger partial charge in [0.1, 0.15) is 0 Å². The minimum Gasteiger partial charge on any atom is -0.550 e. The molecule has 4 heteroatoms. The van der Waals surface area contributed by atoms with E-state index in [1.807, 2.05) is 6.92 Å². The number of carbonyl (C=O) groups is 1. The molecule has 0 fully saturated rings. The number of rotatable bonds is 2. The molecule has 0 saturated heterocycles. The molecule has 0 bridgehead atoms. The van der Waals surface area contributed by atoms with E-state index in [1.54, 1.807) is 13.8 Å². The summed E-state index contributed by atoms with van der Waals surface area (Å²) in [5, 5.41) is 10.1. The van der Waals surface area contributed by atoms with Crippen molar-refractivity contribution in [3.63, 3.8) is 0 Å². The maximum Gasteiger partial charge on any atom is 1.00 e. The summed E-state index contributed by atoms with van der Waals surface area (Å²) in [6, 6.07) is 0. The normalized spacial score (nSPS) is 9.10. The third-order valence-electron chi connectivity index (χ3n) is 1.44. The number of hydrogen-bond donors (Lipinski definition) is 0. The van der Waals surface area contributed by atoms with Gasteiger partial charge in [-0.3, -0.25) is 0 Å². The molecule has 0 rings (SSSR count). The molecular formula is C6H13NaO3. The Morgan fingerprint density at radius 2 is 1.80 bits per heavy atom. The second-order valence-corrected chi connectivity index (χ2v) is 2.52. The third-order valence-corrected chi connectivity index (χ3v) is 1.44. The van der Waals surface area contributed by atoms with E-state index in [0.717, 1.165) is 0 Å². The standard InChI is InChI=1S/C6H12O2.Na.H2O/c1-4-6(2,3)5(7)8;;/h4H2,1-3H3,(H,7,8);;1H2/q;+1;/p-1. The SMILES string of the molecule is CCC(C)(C)C(=O)[O-].O.[Na+]. The zero-order valence-corrected chi connectivity index (χ0v) is 9.02. The summed E-state index contributed by atoms with van der Waals surface area (Å²) in [5.74, 6) is -0.972. The Kier molecular flexibility index (Phi) is 10.3. The van der Waals surface area contributed by atoms with E-state index in [-0.39, 0.29) is 35.0 Å². The van der Waals surface area contributed by atoms with Crippen LogP contribution in [-0.4, -0.2) is 11.4 Å². The molecule has 3 nitrogen and oxygen atoms in total. The van der Waals surface area contributed by atoms with E-state index >= 15 is 0 Å². The van der Waals surface area contributed by atoms with Gasteiger partial charge in [0, 0.05) is 11.4 Å². The van der Waals surface area contributed by atoms with E-state index in [2.05, 4.69) is 0 Å². The van der Waals surface area contributed by atoms with E-state index < -0.39 is 11.4 Å². The van der Waals surface area contributed by atoms with Gasteiger partial charge in [-0.05, 0) is 6.42 Å². The molecule has 0 aromatic heterocycles. The first-order chi connectivity index (χ1) is 3.50. The van der Waals surface area contributed by atoms with Gasteiger partial charge >= 0.3 is 29.6 Å². The van der Waals surface area contributed by atoms with Gasteiger partial charge in [0.05, 0.1) is 0 Å². The van der Waals surface area contributed by atoms with Crippen molar-refractivity contribution < 1.29 is 44.9 Å². The summed E-state index contributed by atoms with van der Waals surface area (Å²) >= 11 is 0. The van der Waals surface area contributed by atoms with Gasteiger partial charge < -0.3 is 15.4 Å². The van der Waals surface area contributed by atoms with Crippen LogP contribution in [0.3, 0.4) is 0 Å². The molecule has 0 heterocycles. The molecule has 0 radical (unpaired) electrons. The van der Waals surface area contributed by atoms with Crippen LogP contribution >= 0.6 is 0 Å². The van der Waals surface area contributed by atoms with Crippen molar-refractivity contribution in [3.8, 4) is 0 Å². The average molecular weight is 156 g/mol. The van der Waals surface area contributed by atoms with Crippen LogP contribution in [0.25, 0.3) is 0 Å². The van der Waals surface area contributed by atoms with Crippen molar-refractivity contribution in [1.29, 1.82) is 0 Å². The Hall–Kier alpha value is 0.430. The van der Waals surface area contributed by atoms with Crippen LogP contribution in [-0.2, 0) is 4.79 Å². The quantitative estimate of drug-likeness (QED) is 0.387. The fourth-order valence-corrected chi connectivity index (χ4v) is 0.144. The second-order valence-electron chi connectivity index (χ2n) is 2.52. The van der Waals surface area contributed by atoms with Gasteiger partial charge in [-0.1, -0.05) is 20.8 Å². The molecule has 0 aliphatic rings. The molecule has 56 valence electrons. The van der Waals surface area contributed by atoms with Gasteiger partial charge in [0.15, 0.2) is 0 Å². The van der Waals surface area contributed by atoms with E-state index in [9.17, 15) is 9.90 Å². The number of carboxylic acids is 1. The molecule has 10 heavy (non-hydrogen) atoms. The Balaban J connectivity index is -0.000000245. The van der Waals surface area contributed by atoms with Gasteiger partial charge in [-0.15, -0.1) is 0 Å². The monoisotopic (exact) mass is 156 g/mol. The first-order valence-electron chi connectivity index (χ1n) is 2.72. The minimum absolute atomic E-state index is 0. The first-order valence-corrected chi connectivity index (χ1v) is 2.72. The first kappa shape index (κ1) is 16.8. The molecule has 0 aliphatic heterocycles. The van der Waals surface area contributed by atoms with Crippen molar-refractivity contribution in [3.05, 3.63) is 0 Å². The Bertz CT molecular complexity index is 101. The van der Waals surface area contributed by atoms with E-state index in [4.69, 9.17) is 0 Å². The second kappa shape index (κ2) is 6.16. The number of carboxylic acid groups (broad SMARTS) is 1. The molecule has 2 N–H and O–H groups in total. The summed E-state index contributed by atoms with van der Waals surface area (Å²) in [7, 11) is 0. The molecule has 0 aliphatic carbocycles. The van der Waals surface area contributed by atoms with Crippen LogP contribution in [0.2, 0.25) is 0 Å². The number of hydrogen-bond acceptors (Lipinski definition) is 2. The van der Waals surface area contributed by atoms with Crippen LogP contribution in [0.5, 0.6) is 0 Å². The topological polar surface area (TPSA) is 71.6 Å². The molecule has 0 aromatic carbocycles. The van der Waals surface area contributed by atoms with Crippen LogP contribution in [0, 0.1) is 5.41 Å². The summed E-state index contributed by atoms with van der Waals surface area (Å²) in [6.45, 7) is 5.14. The van der Waals surface area contributed by atoms with Crippen LogP contribution in [0.4, 0.5) is 0 Å². The van der Waals surface area contributed by atoms with Crippen molar-refractivity contribution in [2.45, 2.75) is 27.2 Å². The van der Waals surface area contributed by atoms with Gasteiger partial charge in [0.2, 0.25) is 0 Å². The van der Waals surface area contributed by atoms with Crippen LogP contribution in [0.15, 0.2) is 0 Å². The molecule has 0 aromatic rings. The fraction of sp³-hybridized carbons (Fsp3) is 0.833. The molecule has 0 amide bonds. The molecule has 0 atom stereocenters. The smallest absolute Gasteiger partial charge is 0.550 e. The van der Waals surface area contributed by atoms with Gasteiger partial charge in [-0.25, -0.2) is 0 Å². The Morgan fingerprint density at radius 1 is 1.50 bits per heavy atom. The van der Waals surface area contributed by atoms with Crippen molar-refractivity contribution in [1.82, 2.24) is 0 Å². The Morgan fingerprint density at radius 3 is 1.80 bits per heavy atom. The van der Waals surface area contributed by atoms with E-state index in [0.29, 0.717) is 6.42 Å². The summed E-state index contributed by atoms with van der Waals surface area (Å²) in [6.07, 6.45) is 0.620. The summed E-state index contributed by atoms with van der Waals surface area (Å²) in [5.41, 5.74) is -0.653. The average Bonchev–Trinajstić information content (AvgIpc) is 1.67. The molecule has 0 saturated carbocycles. The molecular weight excluding hydrogens is 143 g/mol. The minimum atomic E-state index is -0.972. The summed E-state index contributed by atoms with van der Waals surface area (Å²) in [4.78, 5) is 10.1. The maximum atomic E-state index is 10.1. The predicted octanol–water partition coefficient (Wildman–Crippen LogP) is -3.65.